The van der Waals surface area contributed by atoms with Gasteiger partial charge in [-0.2, -0.15) is 5.10 Å². The molecule has 0 saturated heterocycles. The van der Waals surface area contributed by atoms with Gasteiger partial charge < -0.3 is 5.32 Å². The zero-order chi connectivity index (χ0) is 24.0. The van der Waals surface area contributed by atoms with E-state index in [1.54, 1.807) is 17.9 Å². The van der Waals surface area contributed by atoms with E-state index in [0.29, 0.717) is 6.54 Å². The smallest absolute Gasteiger partial charge is 0.330 e. The summed E-state index contributed by atoms with van der Waals surface area (Å²) in [6.45, 7) is 11.6. The van der Waals surface area contributed by atoms with Gasteiger partial charge in [-0.25, -0.2) is 19.4 Å². The minimum Gasteiger partial charge on any atom is -0.351 e. The lowest BCUT2D eigenvalue weighted by Crippen LogP contribution is -2.49. The van der Waals surface area contributed by atoms with Crippen LogP contribution in [-0.2, 0) is 24.9 Å². The largest absolute Gasteiger partial charge is 0.351 e. The van der Waals surface area contributed by atoms with Crippen LogP contribution in [0.15, 0.2) is 29.6 Å². The van der Waals surface area contributed by atoms with Crippen molar-refractivity contribution in [1.82, 2.24) is 34.2 Å². The molecular formula is C24H35N7O2. The Morgan fingerprint density at radius 3 is 2.70 bits per heavy atom. The molecule has 0 aromatic carbocycles. The highest BCUT2D eigenvalue weighted by Crippen LogP contribution is 2.42. The number of amides is 1. The van der Waals surface area contributed by atoms with E-state index in [-0.39, 0.29) is 40.9 Å². The SMILES string of the molecule is Cn1c(=O)n(CC(C)(C)C)c2ccc(C3CCC(C)(C)C(NC(=O)Cn4cncn4)C3)nc21. The Bertz CT molecular complexity index is 1200. The van der Waals surface area contributed by atoms with Gasteiger partial charge in [0.05, 0.1) is 5.52 Å². The monoisotopic (exact) mass is 453 g/mol. The van der Waals surface area contributed by atoms with Crippen LogP contribution in [0.2, 0.25) is 0 Å². The second kappa shape index (κ2) is 8.43. The van der Waals surface area contributed by atoms with Crippen LogP contribution in [0.3, 0.4) is 0 Å². The number of hydrogen-bond acceptors (Lipinski definition) is 5. The van der Waals surface area contributed by atoms with Crippen molar-refractivity contribution in [2.75, 3.05) is 0 Å². The first kappa shape index (κ1) is 23.2. The normalized spacial score (nSPS) is 20.8. The van der Waals surface area contributed by atoms with Crippen molar-refractivity contribution >= 4 is 17.1 Å². The van der Waals surface area contributed by atoms with E-state index < -0.39 is 0 Å². The summed E-state index contributed by atoms with van der Waals surface area (Å²) in [5.74, 6) is 0.157. The number of pyridine rings is 1. The minimum absolute atomic E-state index is 0.0105. The molecule has 33 heavy (non-hydrogen) atoms. The van der Waals surface area contributed by atoms with Crippen LogP contribution in [0.1, 0.15) is 65.5 Å². The average Bonchev–Trinajstić information content (AvgIpc) is 3.31. The molecule has 1 aliphatic rings. The molecule has 0 radical (unpaired) electrons. The maximum absolute atomic E-state index is 12.9. The van der Waals surface area contributed by atoms with Crippen molar-refractivity contribution in [3.05, 3.63) is 41.0 Å². The molecule has 178 valence electrons. The predicted molar refractivity (Wildman–Crippen MR) is 127 cm³/mol. The molecule has 1 amide bonds. The maximum atomic E-state index is 12.9. The first-order chi connectivity index (χ1) is 15.4. The number of rotatable bonds is 5. The van der Waals surface area contributed by atoms with Gasteiger partial charge in [-0.15, -0.1) is 0 Å². The first-order valence-corrected chi connectivity index (χ1v) is 11.6. The van der Waals surface area contributed by atoms with E-state index in [1.807, 2.05) is 10.6 Å². The summed E-state index contributed by atoms with van der Waals surface area (Å²) in [5.41, 5.74) is 2.52. The first-order valence-electron chi connectivity index (χ1n) is 11.6. The van der Waals surface area contributed by atoms with Gasteiger partial charge in [-0.1, -0.05) is 34.6 Å². The maximum Gasteiger partial charge on any atom is 0.330 e. The van der Waals surface area contributed by atoms with Crippen LogP contribution < -0.4 is 11.0 Å². The number of aryl methyl sites for hydroxylation is 1. The van der Waals surface area contributed by atoms with Crippen LogP contribution in [0.25, 0.3) is 11.2 Å². The van der Waals surface area contributed by atoms with Crippen LogP contribution in [-0.4, -0.2) is 40.8 Å². The van der Waals surface area contributed by atoms with Gasteiger partial charge in [0.2, 0.25) is 5.91 Å². The summed E-state index contributed by atoms with van der Waals surface area (Å²) in [4.78, 5) is 34.3. The van der Waals surface area contributed by atoms with Gasteiger partial charge in [0.15, 0.2) is 5.65 Å². The van der Waals surface area contributed by atoms with E-state index in [4.69, 9.17) is 4.98 Å². The van der Waals surface area contributed by atoms with Gasteiger partial charge >= 0.3 is 5.69 Å². The molecule has 3 aromatic rings. The molecule has 0 aliphatic heterocycles. The number of carbonyl (C=O) groups is 1. The van der Waals surface area contributed by atoms with Gasteiger partial charge in [0, 0.05) is 31.2 Å². The third kappa shape index (κ3) is 4.86. The molecule has 9 nitrogen and oxygen atoms in total. The lowest BCUT2D eigenvalue weighted by Gasteiger charge is -2.42. The summed E-state index contributed by atoms with van der Waals surface area (Å²) in [6, 6.07) is 4.11. The molecule has 9 heteroatoms. The number of aromatic nitrogens is 6. The van der Waals surface area contributed by atoms with Gasteiger partial charge in [0.1, 0.15) is 19.2 Å². The summed E-state index contributed by atoms with van der Waals surface area (Å²) < 4.78 is 5.00. The van der Waals surface area contributed by atoms with E-state index in [9.17, 15) is 9.59 Å². The Morgan fingerprint density at radius 2 is 2.03 bits per heavy atom. The highest BCUT2D eigenvalue weighted by Gasteiger charge is 2.38. The van der Waals surface area contributed by atoms with Crippen molar-refractivity contribution < 1.29 is 4.79 Å². The summed E-state index contributed by atoms with van der Waals surface area (Å²) in [7, 11) is 1.79. The summed E-state index contributed by atoms with van der Waals surface area (Å²) in [6.07, 6.45) is 5.76. The molecule has 2 atom stereocenters. The van der Waals surface area contributed by atoms with Crippen LogP contribution in [0.4, 0.5) is 0 Å². The fourth-order valence-corrected chi connectivity index (χ4v) is 4.81. The van der Waals surface area contributed by atoms with Crippen LogP contribution >= 0.6 is 0 Å². The third-order valence-electron chi connectivity index (χ3n) is 6.76. The minimum atomic E-state index is -0.0655. The molecule has 0 bridgehead atoms. The highest BCUT2D eigenvalue weighted by atomic mass is 16.2. The number of hydrogen-bond donors (Lipinski definition) is 1. The molecule has 3 aromatic heterocycles. The van der Waals surface area contributed by atoms with E-state index in [1.165, 1.54) is 11.0 Å². The van der Waals surface area contributed by atoms with E-state index in [0.717, 1.165) is 36.1 Å². The highest BCUT2D eigenvalue weighted by molar-refractivity contribution is 5.76. The summed E-state index contributed by atoms with van der Waals surface area (Å²) >= 11 is 0. The van der Waals surface area contributed by atoms with Gasteiger partial charge in [-0.05, 0) is 42.2 Å². The molecule has 3 heterocycles. The van der Waals surface area contributed by atoms with Crippen molar-refractivity contribution in [3.8, 4) is 0 Å². The molecule has 1 aliphatic carbocycles. The van der Waals surface area contributed by atoms with Crippen molar-refractivity contribution in [1.29, 1.82) is 0 Å². The Hall–Kier alpha value is -2.97. The molecule has 1 saturated carbocycles. The fraction of sp³-hybridized carbons (Fsp3) is 0.625. The third-order valence-corrected chi connectivity index (χ3v) is 6.76. The number of fused-ring (bicyclic) bond motifs is 1. The Balaban J connectivity index is 1.57. The number of carbonyl (C=O) groups excluding carboxylic acids is 1. The Labute approximate surface area is 194 Å². The number of imidazole rings is 1. The topological polar surface area (TPSA) is 99.6 Å². The molecule has 2 unspecified atom stereocenters. The second-order valence-corrected chi connectivity index (χ2v) is 11.2. The molecular weight excluding hydrogens is 418 g/mol. The molecule has 4 rings (SSSR count). The van der Waals surface area contributed by atoms with Crippen molar-refractivity contribution in [2.45, 2.75) is 78.9 Å². The zero-order valence-electron chi connectivity index (χ0n) is 20.5. The number of nitrogens with one attached hydrogen (secondary N) is 1. The van der Waals surface area contributed by atoms with E-state index in [2.05, 4.69) is 56.1 Å². The van der Waals surface area contributed by atoms with Gasteiger partial charge in [0.25, 0.3) is 0 Å². The molecule has 1 fully saturated rings. The summed E-state index contributed by atoms with van der Waals surface area (Å²) in [5, 5.41) is 7.24. The van der Waals surface area contributed by atoms with Crippen LogP contribution in [0.5, 0.6) is 0 Å². The quantitative estimate of drug-likeness (QED) is 0.640. The zero-order valence-corrected chi connectivity index (χ0v) is 20.5. The standard InChI is InChI=1S/C24H35N7O2/c1-23(2,3)13-31-18-8-7-17(27-21(18)29(6)22(31)33)16-9-10-24(4,5)19(11-16)28-20(32)12-30-15-25-14-26-30/h7-8,14-16,19H,9-13H2,1-6H3,(H,28,32). The van der Waals surface area contributed by atoms with Crippen LogP contribution in [0, 0.1) is 10.8 Å². The number of nitrogens with zero attached hydrogens (tertiary/aromatic N) is 6. The average molecular weight is 454 g/mol. The lowest BCUT2D eigenvalue weighted by atomic mass is 9.68. The van der Waals surface area contributed by atoms with Crippen molar-refractivity contribution in [2.24, 2.45) is 17.9 Å². The van der Waals surface area contributed by atoms with Crippen molar-refractivity contribution in [3.63, 3.8) is 0 Å². The molecule has 1 N–H and O–H groups in total. The Kier molecular flexibility index (Phi) is 5.92. The Morgan fingerprint density at radius 1 is 1.27 bits per heavy atom. The second-order valence-electron chi connectivity index (χ2n) is 11.2. The predicted octanol–water partition coefficient (Wildman–Crippen LogP) is 2.85. The fourth-order valence-electron chi connectivity index (χ4n) is 4.81. The van der Waals surface area contributed by atoms with E-state index >= 15 is 0 Å². The van der Waals surface area contributed by atoms with Gasteiger partial charge in [-0.3, -0.25) is 13.9 Å². The lowest BCUT2D eigenvalue weighted by molar-refractivity contribution is -0.123. The molecule has 0 spiro atoms.